The fourth-order valence-electron chi connectivity index (χ4n) is 5.43. The maximum atomic E-state index is 15.1. The summed E-state index contributed by atoms with van der Waals surface area (Å²) in [6, 6.07) is 8.07. The first-order valence-electron chi connectivity index (χ1n) is 13.0. The van der Waals surface area contributed by atoms with Gasteiger partial charge in [0, 0.05) is 24.4 Å². The fraction of sp³-hybridized carbons (Fsp3) is 0.533. The van der Waals surface area contributed by atoms with E-state index in [0.717, 1.165) is 49.5 Å². The quantitative estimate of drug-likeness (QED) is 0.391. The van der Waals surface area contributed by atoms with Crippen molar-refractivity contribution in [2.75, 3.05) is 18.0 Å². The van der Waals surface area contributed by atoms with Crippen LogP contribution in [0.4, 0.5) is 14.5 Å². The van der Waals surface area contributed by atoms with Crippen molar-refractivity contribution in [1.82, 2.24) is 0 Å². The van der Waals surface area contributed by atoms with E-state index < -0.39 is 11.2 Å². The van der Waals surface area contributed by atoms with Crippen molar-refractivity contribution in [3.8, 4) is 5.75 Å². The highest BCUT2D eigenvalue weighted by Gasteiger charge is 2.39. The molecule has 6 heteroatoms. The molecule has 4 nitrogen and oxygen atoms in total. The van der Waals surface area contributed by atoms with Crippen LogP contribution in [-0.4, -0.2) is 30.3 Å². The van der Waals surface area contributed by atoms with Crippen LogP contribution in [-0.2, 0) is 16.0 Å². The molecule has 0 aromatic heterocycles. The molecule has 0 saturated carbocycles. The van der Waals surface area contributed by atoms with E-state index in [9.17, 15) is 14.0 Å². The zero-order valence-corrected chi connectivity index (χ0v) is 22.5. The van der Waals surface area contributed by atoms with Crippen LogP contribution in [0.15, 0.2) is 30.3 Å². The lowest BCUT2D eigenvalue weighted by molar-refractivity contribution is -0.128. The van der Waals surface area contributed by atoms with Crippen LogP contribution in [0.2, 0.25) is 0 Å². The van der Waals surface area contributed by atoms with Gasteiger partial charge >= 0.3 is 0 Å². The van der Waals surface area contributed by atoms with Gasteiger partial charge in [-0.2, -0.15) is 0 Å². The third-order valence-corrected chi connectivity index (χ3v) is 8.11. The second-order valence-electron chi connectivity index (χ2n) is 9.86. The molecule has 1 atom stereocenters. The van der Waals surface area contributed by atoms with Gasteiger partial charge in [-0.25, -0.2) is 8.78 Å². The van der Waals surface area contributed by atoms with Gasteiger partial charge in [0.1, 0.15) is 17.9 Å². The smallest absolute Gasteiger partial charge is 0.165 e. The first kappa shape index (κ1) is 29.5. The lowest BCUT2D eigenvalue weighted by Crippen LogP contribution is -2.35. The van der Waals surface area contributed by atoms with Gasteiger partial charge in [-0.3, -0.25) is 4.79 Å². The molecule has 1 aliphatic rings. The summed E-state index contributed by atoms with van der Waals surface area (Å²) >= 11 is 0. The van der Waals surface area contributed by atoms with Gasteiger partial charge < -0.3 is 14.8 Å². The molecule has 1 saturated heterocycles. The number of benzene rings is 2. The Morgan fingerprint density at radius 1 is 1.14 bits per heavy atom. The molecule has 1 fully saturated rings. The van der Waals surface area contributed by atoms with E-state index in [0.29, 0.717) is 24.3 Å². The molecule has 1 aliphatic heterocycles. The molecule has 3 rings (SSSR count). The van der Waals surface area contributed by atoms with Gasteiger partial charge in [0.25, 0.3) is 0 Å². The van der Waals surface area contributed by atoms with E-state index in [1.165, 1.54) is 6.07 Å². The molecule has 0 bridgehead atoms. The highest BCUT2D eigenvalue weighted by Crippen LogP contribution is 2.45. The topological polar surface area (TPSA) is 57.6 Å². The first-order valence-corrected chi connectivity index (χ1v) is 13.0. The summed E-state index contributed by atoms with van der Waals surface area (Å²) < 4.78 is 27.4. The third-order valence-electron chi connectivity index (χ3n) is 8.11. The minimum absolute atomic E-state index is 0.0238. The molecule has 0 aliphatic carbocycles. The van der Waals surface area contributed by atoms with Crippen LogP contribution in [0.1, 0.15) is 82.9 Å². The maximum Gasteiger partial charge on any atom is 0.165 e. The van der Waals surface area contributed by atoms with E-state index in [2.05, 4.69) is 32.6 Å². The largest absolute Gasteiger partial charge is 0.505 e. The number of aryl methyl sites for hydroxylation is 2. The third kappa shape index (κ3) is 6.32. The summed E-state index contributed by atoms with van der Waals surface area (Å²) in [5.74, 6) is -0.776. The van der Waals surface area contributed by atoms with Crippen molar-refractivity contribution in [2.24, 2.45) is 11.3 Å². The zero-order chi connectivity index (χ0) is 27.0. The molecule has 2 aromatic carbocycles. The average Bonchev–Trinajstić information content (AvgIpc) is 2.88. The van der Waals surface area contributed by atoms with Crippen molar-refractivity contribution in [3.63, 3.8) is 0 Å². The summed E-state index contributed by atoms with van der Waals surface area (Å²) in [6.45, 7) is 13.0. The summed E-state index contributed by atoms with van der Waals surface area (Å²) in [5, 5.41) is 8.83. The van der Waals surface area contributed by atoms with E-state index in [1.807, 2.05) is 6.07 Å². The average molecular weight is 502 g/mol. The van der Waals surface area contributed by atoms with E-state index in [1.54, 1.807) is 32.0 Å². The molecule has 0 spiro atoms. The number of piperidine rings is 1. The summed E-state index contributed by atoms with van der Waals surface area (Å²) in [7, 11) is 0. The summed E-state index contributed by atoms with van der Waals surface area (Å²) in [4.78, 5) is 25.5. The minimum atomic E-state index is -0.560. The number of carbonyl (C=O) groups excluding carboxylic acids is 2. The van der Waals surface area contributed by atoms with Gasteiger partial charge in [0.15, 0.2) is 11.6 Å². The number of nitrogens with zero attached hydrogens (tertiary/aromatic N) is 1. The van der Waals surface area contributed by atoms with Crippen LogP contribution in [0.3, 0.4) is 0 Å². The molecule has 1 N–H and O–H groups in total. The predicted molar refractivity (Wildman–Crippen MR) is 142 cm³/mol. The van der Waals surface area contributed by atoms with Crippen molar-refractivity contribution >= 4 is 17.8 Å². The summed E-state index contributed by atoms with van der Waals surface area (Å²) in [6.07, 6.45) is 4.90. The van der Waals surface area contributed by atoms with Crippen LogP contribution in [0.25, 0.3) is 0 Å². The number of rotatable bonds is 8. The Bertz CT molecular complexity index is 1020. The normalized spacial score (nSPS) is 15.2. The fourth-order valence-corrected chi connectivity index (χ4v) is 5.43. The zero-order valence-electron chi connectivity index (χ0n) is 22.5. The number of para-hydroxylation sites is 1. The van der Waals surface area contributed by atoms with Gasteiger partial charge in [-0.15, -0.1) is 0 Å². The molecular formula is C30H41F2NO3. The highest BCUT2D eigenvalue weighted by atomic mass is 19.1. The second-order valence-corrected chi connectivity index (χ2v) is 9.86. The number of hydrogen-bond donors (Lipinski definition) is 1. The number of phenolic OH excluding ortho intramolecular Hbond substituents is 1. The number of aldehydes is 1. The lowest BCUT2D eigenvalue weighted by Gasteiger charge is -2.37. The monoisotopic (exact) mass is 501 g/mol. The van der Waals surface area contributed by atoms with Crippen LogP contribution < -0.4 is 4.90 Å². The Morgan fingerprint density at radius 3 is 2.19 bits per heavy atom. The number of halogens is 2. The van der Waals surface area contributed by atoms with Crippen molar-refractivity contribution in [2.45, 2.75) is 79.6 Å². The Balaban J connectivity index is 0.000000425. The molecule has 0 amide bonds. The number of anilines is 1. The summed E-state index contributed by atoms with van der Waals surface area (Å²) in [5.41, 5.74) is 2.83. The van der Waals surface area contributed by atoms with Crippen molar-refractivity contribution < 1.29 is 23.5 Å². The predicted octanol–water partition coefficient (Wildman–Crippen LogP) is 7.14. The van der Waals surface area contributed by atoms with Crippen LogP contribution >= 0.6 is 0 Å². The second kappa shape index (κ2) is 13.0. The van der Waals surface area contributed by atoms with Gasteiger partial charge in [-0.05, 0) is 86.8 Å². The lowest BCUT2D eigenvalue weighted by atomic mass is 9.66. The SMILES string of the molecule is CCc1cc(N2CCC(C=O)CC2)c(F)cc1C(C)C(CC)(CC)C(C)=O.Cc1cccc(F)c1O. The molecule has 2 aromatic rings. The van der Waals surface area contributed by atoms with Crippen molar-refractivity contribution in [3.05, 3.63) is 58.7 Å². The number of Topliss-reactive ketones (excluding diaryl/α,β-unsaturated/α-hetero) is 1. The first-order chi connectivity index (χ1) is 17.1. The molecular weight excluding hydrogens is 460 g/mol. The van der Waals surface area contributed by atoms with Crippen LogP contribution in [0, 0.1) is 29.9 Å². The Morgan fingerprint density at radius 2 is 1.75 bits per heavy atom. The molecule has 1 heterocycles. The van der Waals surface area contributed by atoms with E-state index >= 15 is 4.39 Å². The Hall–Kier alpha value is -2.76. The van der Waals surface area contributed by atoms with Gasteiger partial charge in [-0.1, -0.05) is 39.8 Å². The number of ketones is 1. The van der Waals surface area contributed by atoms with Gasteiger partial charge in [0.2, 0.25) is 0 Å². The molecule has 1 unspecified atom stereocenters. The Labute approximate surface area is 214 Å². The minimum Gasteiger partial charge on any atom is -0.505 e. The van der Waals surface area contributed by atoms with Crippen molar-refractivity contribution in [1.29, 1.82) is 0 Å². The number of carbonyl (C=O) groups is 2. The maximum absolute atomic E-state index is 15.1. The highest BCUT2D eigenvalue weighted by molar-refractivity contribution is 5.83. The van der Waals surface area contributed by atoms with Crippen LogP contribution in [0.5, 0.6) is 5.75 Å². The molecule has 198 valence electrons. The van der Waals surface area contributed by atoms with Gasteiger partial charge in [0.05, 0.1) is 5.69 Å². The van der Waals surface area contributed by atoms with E-state index in [-0.39, 0.29) is 29.2 Å². The molecule has 36 heavy (non-hydrogen) atoms. The number of hydrogen-bond acceptors (Lipinski definition) is 4. The Kier molecular flexibility index (Phi) is 10.6. The number of aromatic hydroxyl groups is 1. The van der Waals surface area contributed by atoms with E-state index in [4.69, 9.17) is 5.11 Å². The number of phenols is 1. The standard InChI is InChI=1S/C23H34FNO2.C7H7FO/c1-6-19-13-22(25-11-9-18(15-26)10-12-25)21(24)14-20(19)16(4)23(7-2,8-3)17(5)27;1-5-3-2-4-6(8)7(5)9/h13-16,18H,6-12H2,1-5H3;2-4,9H,1H3. The molecule has 0 radical (unpaired) electrons.